The van der Waals surface area contributed by atoms with Crippen molar-refractivity contribution in [3.05, 3.63) is 83.4 Å². The third kappa shape index (κ3) is 4.52. The summed E-state index contributed by atoms with van der Waals surface area (Å²) in [6.45, 7) is 3.08. The highest BCUT2D eigenvalue weighted by atomic mass is 16.7. The maximum absolute atomic E-state index is 9.19. The standard InChI is InChI=1S/C25H26O5/c1-2-21(22-14-24-25(30-17-29-24)15-23(22)27-13-12-26)19-8-10-20(11-9-19)28-16-18-6-4-3-5-7-18/h3-11,14-15,21,26H,2,12-13,16-17H2,1H3/t21-/m1/s1. The number of aliphatic hydroxyl groups is 1. The summed E-state index contributed by atoms with van der Waals surface area (Å²) in [7, 11) is 0. The molecule has 0 aliphatic carbocycles. The minimum atomic E-state index is -0.0435. The zero-order valence-electron chi connectivity index (χ0n) is 17.0. The quantitative estimate of drug-likeness (QED) is 0.547. The Bertz CT molecular complexity index is 953. The van der Waals surface area contributed by atoms with Gasteiger partial charge in [-0.05, 0) is 35.7 Å². The number of rotatable bonds is 9. The molecule has 3 aromatic carbocycles. The van der Waals surface area contributed by atoms with E-state index in [1.54, 1.807) is 0 Å². The molecule has 0 radical (unpaired) electrons. The van der Waals surface area contributed by atoms with Crippen molar-refractivity contribution in [1.29, 1.82) is 0 Å². The zero-order valence-corrected chi connectivity index (χ0v) is 17.0. The Balaban J connectivity index is 1.55. The van der Waals surface area contributed by atoms with Crippen molar-refractivity contribution in [2.45, 2.75) is 25.9 Å². The van der Waals surface area contributed by atoms with E-state index in [1.807, 2.05) is 42.5 Å². The highest BCUT2D eigenvalue weighted by Gasteiger charge is 2.23. The molecule has 0 aromatic heterocycles. The summed E-state index contributed by atoms with van der Waals surface area (Å²) in [5.74, 6) is 3.06. The van der Waals surface area contributed by atoms with Crippen molar-refractivity contribution >= 4 is 0 Å². The second kappa shape index (κ2) is 9.55. The third-order valence-corrected chi connectivity index (χ3v) is 5.17. The molecule has 3 aromatic rings. The Morgan fingerprint density at radius 2 is 1.67 bits per heavy atom. The average molecular weight is 406 g/mol. The maximum atomic E-state index is 9.19. The van der Waals surface area contributed by atoms with Gasteiger partial charge in [0.15, 0.2) is 11.5 Å². The molecule has 5 nitrogen and oxygen atoms in total. The molecule has 0 bridgehead atoms. The van der Waals surface area contributed by atoms with Gasteiger partial charge >= 0.3 is 0 Å². The van der Waals surface area contributed by atoms with E-state index in [9.17, 15) is 5.11 Å². The van der Waals surface area contributed by atoms with Crippen LogP contribution in [0.4, 0.5) is 0 Å². The molecule has 156 valence electrons. The predicted octanol–water partition coefficient (Wildman–Crippen LogP) is 4.91. The van der Waals surface area contributed by atoms with Gasteiger partial charge in [-0.25, -0.2) is 0 Å². The molecule has 1 N–H and O–H groups in total. The van der Waals surface area contributed by atoms with Crippen LogP contribution in [0.5, 0.6) is 23.0 Å². The molecule has 0 spiro atoms. The van der Waals surface area contributed by atoms with Gasteiger partial charge in [0.2, 0.25) is 6.79 Å². The molecule has 1 aliphatic rings. The van der Waals surface area contributed by atoms with Crippen LogP contribution in [0, 0.1) is 0 Å². The van der Waals surface area contributed by atoms with Crippen LogP contribution >= 0.6 is 0 Å². The lowest BCUT2D eigenvalue weighted by Crippen LogP contribution is -2.07. The highest BCUT2D eigenvalue weighted by Crippen LogP contribution is 2.43. The molecule has 0 amide bonds. The largest absolute Gasteiger partial charge is 0.491 e. The van der Waals surface area contributed by atoms with Crippen LogP contribution in [0.3, 0.4) is 0 Å². The fraction of sp³-hybridized carbons (Fsp3) is 0.280. The van der Waals surface area contributed by atoms with E-state index in [4.69, 9.17) is 18.9 Å². The average Bonchev–Trinajstić information content (AvgIpc) is 3.25. The third-order valence-electron chi connectivity index (χ3n) is 5.17. The lowest BCUT2D eigenvalue weighted by molar-refractivity contribution is 0.173. The molecule has 0 unspecified atom stereocenters. The van der Waals surface area contributed by atoms with Gasteiger partial charge in [-0.1, -0.05) is 49.4 Å². The second-order valence-corrected chi connectivity index (χ2v) is 7.12. The number of ether oxygens (including phenoxy) is 4. The molecule has 1 aliphatic heterocycles. The molecule has 1 heterocycles. The Hall–Kier alpha value is -3.18. The van der Waals surface area contributed by atoms with Crippen molar-refractivity contribution in [1.82, 2.24) is 0 Å². The van der Waals surface area contributed by atoms with E-state index < -0.39 is 0 Å². The van der Waals surface area contributed by atoms with Crippen molar-refractivity contribution < 1.29 is 24.1 Å². The molecule has 0 saturated heterocycles. The molecule has 5 heteroatoms. The normalized spacial score (nSPS) is 13.1. The summed E-state index contributed by atoms with van der Waals surface area (Å²) in [6.07, 6.45) is 0.888. The van der Waals surface area contributed by atoms with E-state index in [0.717, 1.165) is 34.6 Å². The Kier molecular flexibility index (Phi) is 6.40. The summed E-state index contributed by atoms with van der Waals surface area (Å²) >= 11 is 0. The van der Waals surface area contributed by atoms with Crippen molar-refractivity contribution in [3.8, 4) is 23.0 Å². The summed E-state index contributed by atoms with van der Waals surface area (Å²) in [4.78, 5) is 0. The van der Waals surface area contributed by atoms with E-state index in [-0.39, 0.29) is 25.9 Å². The molecule has 4 rings (SSSR count). The molecule has 30 heavy (non-hydrogen) atoms. The molecular formula is C25H26O5. The first kappa shape index (κ1) is 20.1. The van der Waals surface area contributed by atoms with E-state index in [1.165, 1.54) is 0 Å². The molecule has 0 saturated carbocycles. The van der Waals surface area contributed by atoms with Gasteiger partial charge in [-0.15, -0.1) is 0 Å². The van der Waals surface area contributed by atoms with Crippen molar-refractivity contribution in [2.24, 2.45) is 0 Å². The Morgan fingerprint density at radius 1 is 0.933 bits per heavy atom. The lowest BCUT2D eigenvalue weighted by Gasteiger charge is -2.21. The fourth-order valence-electron chi connectivity index (χ4n) is 3.66. The number of fused-ring (bicyclic) bond motifs is 1. The van der Waals surface area contributed by atoms with Gasteiger partial charge in [-0.3, -0.25) is 0 Å². The van der Waals surface area contributed by atoms with Crippen LogP contribution in [0.2, 0.25) is 0 Å². The number of benzene rings is 3. The topological polar surface area (TPSA) is 57.2 Å². The predicted molar refractivity (Wildman–Crippen MR) is 114 cm³/mol. The minimum absolute atomic E-state index is 0.0435. The van der Waals surface area contributed by atoms with E-state index in [2.05, 4.69) is 31.2 Å². The first-order chi connectivity index (χ1) is 14.8. The van der Waals surface area contributed by atoms with Crippen molar-refractivity contribution in [2.75, 3.05) is 20.0 Å². The smallest absolute Gasteiger partial charge is 0.231 e. The lowest BCUT2D eigenvalue weighted by atomic mass is 9.88. The van der Waals surface area contributed by atoms with Crippen LogP contribution in [0.1, 0.15) is 36.0 Å². The summed E-state index contributed by atoms with van der Waals surface area (Å²) in [5, 5.41) is 9.19. The van der Waals surface area contributed by atoms with E-state index >= 15 is 0 Å². The highest BCUT2D eigenvalue weighted by molar-refractivity contribution is 5.55. The van der Waals surface area contributed by atoms with Crippen molar-refractivity contribution in [3.63, 3.8) is 0 Å². The Morgan fingerprint density at radius 3 is 2.37 bits per heavy atom. The number of hydrogen-bond donors (Lipinski definition) is 1. The van der Waals surface area contributed by atoms with Crippen LogP contribution in [-0.4, -0.2) is 25.1 Å². The zero-order chi connectivity index (χ0) is 20.8. The second-order valence-electron chi connectivity index (χ2n) is 7.12. The van der Waals surface area contributed by atoms with Gasteiger partial charge in [-0.2, -0.15) is 0 Å². The molecular weight excluding hydrogens is 380 g/mol. The molecule has 0 fully saturated rings. The Labute approximate surface area is 176 Å². The first-order valence-electron chi connectivity index (χ1n) is 10.2. The summed E-state index contributed by atoms with van der Waals surface area (Å²) < 4.78 is 22.8. The van der Waals surface area contributed by atoms with Gasteiger partial charge in [0.05, 0.1) is 6.61 Å². The van der Waals surface area contributed by atoms with Gasteiger partial charge in [0, 0.05) is 17.5 Å². The van der Waals surface area contributed by atoms with Crippen LogP contribution in [-0.2, 0) is 6.61 Å². The number of aliphatic hydroxyl groups excluding tert-OH is 1. The minimum Gasteiger partial charge on any atom is -0.491 e. The maximum Gasteiger partial charge on any atom is 0.231 e. The van der Waals surface area contributed by atoms with Gasteiger partial charge < -0.3 is 24.1 Å². The number of hydrogen-bond acceptors (Lipinski definition) is 5. The fourth-order valence-corrected chi connectivity index (χ4v) is 3.66. The summed E-state index contributed by atoms with van der Waals surface area (Å²) in [6, 6.07) is 22.2. The monoisotopic (exact) mass is 406 g/mol. The van der Waals surface area contributed by atoms with Crippen LogP contribution in [0.15, 0.2) is 66.7 Å². The molecule has 1 atom stereocenters. The van der Waals surface area contributed by atoms with E-state index in [0.29, 0.717) is 18.1 Å². The first-order valence-corrected chi connectivity index (χ1v) is 10.2. The SMILES string of the molecule is CC[C@H](c1ccc(OCc2ccccc2)cc1)c1cc2c(cc1OCCO)OCO2. The van der Waals surface area contributed by atoms with Crippen LogP contribution < -0.4 is 18.9 Å². The van der Waals surface area contributed by atoms with Gasteiger partial charge in [0.1, 0.15) is 24.7 Å². The van der Waals surface area contributed by atoms with Crippen LogP contribution in [0.25, 0.3) is 0 Å². The summed E-state index contributed by atoms with van der Waals surface area (Å²) in [5.41, 5.74) is 3.32. The van der Waals surface area contributed by atoms with Gasteiger partial charge in [0.25, 0.3) is 0 Å².